The van der Waals surface area contributed by atoms with Crippen LogP contribution in [0.15, 0.2) is 71.7 Å². The monoisotopic (exact) mass is 445 g/mol. The molecule has 4 rings (SSSR count). The molecule has 0 radical (unpaired) electrons. The molecule has 0 saturated heterocycles. The van der Waals surface area contributed by atoms with Crippen LogP contribution in [0.5, 0.6) is 5.75 Å². The Bertz CT molecular complexity index is 1350. The maximum Gasteiger partial charge on any atom is 0.267 e. The molecule has 0 fully saturated rings. The summed E-state index contributed by atoms with van der Waals surface area (Å²) in [5, 5.41) is 13.5. The van der Waals surface area contributed by atoms with Gasteiger partial charge in [0, 0.05) is 19.3 Å². The maximum absolute atomic E-state index is 13.2. The summed E-state index contributed by atoms with van der Waals surface area (Å²) < 4.78 is 14.6. The first kappa shape index (κ1) is 22.2. The lowest BCUT2D eigenvalue weighted by Gasteiger charge is -2.15. The summed E-state index contributed by atoms with van der Waals surface area (Å²) in [6.45, 7) is 2.40. The van der Waals surface area contributed by atoms with Crippen molar-refractivity contribution in [3.63, 3.8) is 0 Å². The number of nitrogens with zero attached hydrogens (tertiary/aromatic N) is 2. The van der Waals surface area contributed by atoms with E-state index in [1.807, 2.05) is 43.3 Å². The van der Waals surface area contributed by atoms with Crippen molar-refractivity contribution in [2.24, 2.45) is 0 Å². The van der Waals surface area contributed by atoms with Crippen LogP contribution < -0.4 is 10.9 Å². The van der Waals surface area contributed by atoms with E-state index in [1.165, 1.54) is 16.7 Å². The van der Waals surface area contributed by atoms with Gasteiger partial charge in [-0.25, -0.2) is 4.39 Å². The summed E-state index contributed by atoms with van der Waals surface area (Å²) in [5.74, 6) is -1.52. The Balaban J connectivity index is 1.71. The average molecular weight is 445 g/mol. The maximum atomic E-state index is 13.2. The number of amides is 1. The molecule has 7 heteroatoms. The molecule has 168 valence electrons. The van der Waals surface area contributed by atoms with Crippen molar-refractivity contribution < 1.29 is 14.3 Å². The second-order valence-electron chi connectivity index (χ2n) is 7.86. The third-order valence-corrected chi connectivity index (χ3v) is 5.43. The summed E-state index contributed by atoms with van der Waals surface area (Å²) in [5.41, 5.74) is 2.44. The largest absolute Gasteiger partial charge is 0.505 e. The summed E-state index contributed by atoms with van der Waals surface area (Å²) in [6.07, 6.45) is 2.94. The van der Waals surface area contributed by atoms with Gasteiger partial charge >= 0.3 is 0 Å². The van der Waals surface area contributed by atoms with Gasteiger partial charge in [0.25, 0.3) is 11.5 Å². The Morgan fingerprint density at radius 2 is 1.79 bits per heavy atom. The number of nitrogens with one attached hydrogen (secondary N) is 1. The van der Waals surface area contributed by atoms with Gasteiger partial charge in [0.15, 0.2) is 5.75 Å². The molecule has 33 heavy (non-hydrogen) atoms. The summed E-state index contributed by atoms with van der Waals surface area (Å²) in [6, 6.07) is 17.4. The molecular formula is C26H24FN3O3. The van der Waals surface area contributed by atoms with Crippen LogP contribution in [0.2, 0.25) is 0 Å². The highest BCUT2D eigenvalue weighted by atomic mass is 19.1. The topological polar surface area (TPSA) is 84.2 Å². The lowest BCUT2D eigenvalue weighted by molar-refractivity contribution is 0.0946. The number of hydrogen-bond acceptors (Lipinski definition) is 4. The zero-order valence-electron chi connectivity index (χ0n) is 18.2. The van der Waals surface area contributed by atoms with E-state index < -0.39 is 17.2 Å². The van der Waals surface area contributed by atoms with E-state index in [4.69, 9.17) is 0 Å². The predicted molar refractivity (Wildman–Crippen MR) is 125 cm³/mol. The van der Waals surface area contributed by atoms with Crippen molar-refractivity contribution in [2.75, 3.05) is 0 Å². The Morgan fingerprint density at radius 3 is 2.48 bits per heavy atom. The molecule has 2 aromatic heterocycles. The van der Waals surface area contributed by atoms with Gasteiger partial charge < -0.3 is 15.0 Å². The van der Waals surface area contributed by atoms with E-state index >= 15 is 0 Å². The van der Waals surface area contributed by atoms with Gasteiger partial charge in [-0.15, -0.1) is 0 Å². The van der Waals surface area contributed by atoms with Crippen LogP contribution >= 0.6 is 0 Å². The number of pyridine rings is 2. The fraction of sp³-hybridized carbons (Fsp3) is 0.192. The van der Waals surface area contributed by atoms with Crippen molar-refractivity contribution in [1.29, 1.82) is 0 Å². The number of rotatable bonds is 7. The molecular weight excluding hydrogens is 421 g/mol. The van der Waals surface area contributed by atoms with E-state index in [2.05, 4.69) is 10.3 Å². The first-order valence-corrected chi connectivity index (χ1v) is 10.8. The zero-order valence-corrected chi connectivity index (χ0v) is 18.2. The summed E-state index contributed by atoms with van der Waals surface area (Å²) in [7, 11) is 0. The summed E-state index contributed by atoms with van der Waals surface area (Å²) >= 11 is 0. The van der Waals surface area contributed by atoms with Gasteiger partial charge in [-0.05, 0) is 47.7 Å². The number of carbonyl (C=O) groups is 1. The molecule has 6 nitrogen and oxygen atoms in total. The molecule has 0 atom stereocenters. The molecule has 1 amide bonds. The number of aryl methyl sites for hydroxylation is 1. The second kappa shape index (κ2) is 9.65. The normalized spacial score (nSPS) is 11.0. The Hall–Kier alpha value is -4.00. The van der Waals surface area contributed by atoms with Crippen molar-refractivity contribution in [1.82, 2.24) is 14.9 Å². The molecule has 0 aliphatic heterocycles. The fourth-order valence-electron chi connectivity index (χ4n) is 3.80. The molecule has 0 bridgehead atoms. The number of hydrogen-bond donors (Lipinski definition) is 2. The minimum atomic E-state index is -0.705. The first-order valence-electron chi connectivity index (χ1n) is 10.8. The number of aromatic nitrogens is 2. The van der Waals surface area contributed by atoms with E-state index in [1.54, 1.807) is 18.3 Å². The van der Waals surface area contributed by atoms with Gasteiger partial charge in [-0.1, -0.05) is 49.4 Å². The van der Waals surface area contributed by atoms with Gasteiger partial charge in [0.1, 0.15) is 16.9 Å². The van der Waals surface area contributed by atoms with Gasteiger partial charge in [0.2, 0.25) is 0 Å². The van der Waals surface area contributed by atoms with Crippen LogP contribution in [0.4, 0.5) is 4.39 Å². The third kappa shape index (κ3) is 4.77. The van der Waals surface area contributed by atoms with Crippen molar-refractivity contribution in [3.05, 3.63) is 105 Å². The predicted octanol–water partition coefficient (Wildman–Crippen LogP) is 4.17. The van der Waals surface area contributed by atoms with E-state index in [-0.39, 0.29) is 23.4 Å². The van der Waals surface area contributed by atoms with Crippen LogP contribution in [0.3, 0.4) is 0 Å². The Labute approximate surface area is 190 Å². The van der Waals surface area contributed by atoms with Gasteiger partial charge in [0.05, 0.1) is 5.52 Å². The van der Waals surface area contributed by atoms with Crippen LogP contribution in [-0.4, -0.2) is 20.6 Å². The number of aromatic hydroxyl groups is 1. The number of halogens is 1. The highest BCUT2D eigenvalue weighted by molar-refractivity contribution is 6.01. The fourth-order valence-corrected chi connectivity index (χ4v) is 3.80. The van der Waals surface area contributed by atoms with E-state index in [0.29, 0.717) is 30.5 Å². The van der Waals surface area contributed by atoms with Crippen LogP contribution in [0.1, 0.15) is 40.4 Å². The van der Waals surface area contributed by atoms with E-state index in [9.17, 15) is 19.1 Å². The molecule has 0 saturated carbocycles. The Morgan fingerprint density at radius 1 is 1.06 bits per heavy atom. The minimum absolute atomic E-state index is 0.0905. The quantitative estimate of drug-likeness (QED) is 0.447. The standard InChI is InChI=1S/C26H24FN3O3/c1-2-12-30-21-14-19(13-17-6-4-3-5-7-17)16-28-23(21)24(31)22(26(30)33)25(32)29-15-18-8-10-20(27)11-9-18/h3-11,14,16,31H,2,12-13,15H2,1H3,(H,29,32). The Kier molecular flexibility index (Phi) is 6.49. The lowest BCUT2D eigenvalue weighted by atomic mass is 10.1. The molecule has 0 unspecified atom stereocenters. The van der Waals surface area contributed by atoms with Crippen molar-refractivity contribution in [3.8, 4) is 5.75 Å². The zero-order chi connectivity index (χ0) is 23.4. The number of benzene rings is 2. The number of fused-ring (bicyclic) bond motifs is 1. The highest BCUT2D eigenvalue weighted by Crippen LogP contribution is 2.26. The second-order valence-corrected chi connectivity index (χ2v) is 7.86. The lowest BCUT2D eigenvalue weighted by Crippen LogP contribution is -2.33. The molecule has 2 heterocycles. The molecule has 4 aromatic rings. The van der Waals surface area contributed by atoms with Crippen molar-refractivity contribution in [2.45, 2.75) is 32.9 Å². The van der Waals surface area contributed by atoms with Gasteiger partial charge in [-0.3, -0.25) is 14.6 Å². The van der Waals surface area contributed by atoms with Crippen LogP contribution in [0, 0.1) is 5.82 Å². The van der Waals surface area contributed by atoms with Gasteiger partial charge in [-0.2, -0.15) is 0 Å². The first-order chi connectivity index (χ1) is 16.0. The minimum Gasteiger partial charge on any atom is -0.505 e. The molecule has 2 N–H and O–H groups in total. The molecule has 0 spiro atoms. The number of carbonyl (C=O) groups excluding carboxylic acids is 1. The average Bonchev–Trinajstić information content (AvgIpc) is 2.82. The highest BCUT2D eigenvalue weighted by Gasteiger charge is 2.23. The van der Waals surface area contributed by atoms with Crippen LogP contribution in [0.25, 0.3) is 11.0 Å². The molecule has 2 aromatic carbocycles. The summed E-state index contributed by atoms with van der Waals surface area (Å²) in [4.78, 5) is 30.5. The SMILES string of the molecule is CCCn1c(=O)c(C(=O)NCc2ccc(F)cc2)c(O)c2ncc(Cc3ccccc3)cc21. The third-order valence-electron chi connectivity index (χ3n) is 5.43. The smallest absolute Gasteiger partial charge is 0.267 e. The van der Waals surface area contributed by atoms with Crippen LogP contribution in [-0.2, 0) is 19.5 Å². The van der Waals surface area contributed by atoms with E-state index in [0.717, 1.165) is 11.1 Å². The molecule has 0 aliphatic rings. The molecule has 0 aliphatic carbocycles. The van der Waals surface area contributed by atoms with Crippen molar-refractivity contribution >= 4 is 16.9 Å².